The number of aryl methyl sites for hydroxylation is 1. The molecule has 0 saturated carbocycles. The number of sulfone groups is 1. The van der Waals surface area contributed by atoms with Crippen LogP contribution in [0.3, 0.4) is 0 Å². The van der Waals surface area contributed by atoms with E-state index in [1.54, 1.807) is 31.4 Å². The third-order valence-corrected chi connectivity index (χ3v) is 7.28. The largest absolute Gasteiger partial charge is 0.497 e. The van der Waals surface area contributed by atoms with Gasteiger partial charge in [-0.25, -0.2) is 8.42 Å². The number of ether oxygens (including phenoxy) is 1. The number of hydrogen-bond acceptors (Lipinski definition) is 5. The van der Waals surface area contributed by atoms with Crippen LogP contribution in [0.5, 0.6) is 5.75 Å². The fourth-order valence-electron chi connectivity index (χ4n) is 3.73. The summed E-state index contributed by atoms with van der Waals surface area (Å²) in [7, 11) is -1.83. The van der Waals surface area contributed by atoms with E-state index in [-0.39, 0.29) is 29.0 Å². The van der Waals surface area contributed by atoms with Crippen molar-refractivity contribution in [2.24, 2.45) is 0 Å². The molecule has 1 heterocycles. The molecule has 0 bridgehead atoms. The highest BCUT2D eigenvalue weighted by Crippen LogP contribution is 2.26. The molecular weight excluding hydrogens is 400 g/mol. The lowest BCUT2D eigenvalue weighted by molar-refractivity contribution is -0.120. The molecular formula is C23H30N2O4S. The van der Waals surface area contributed by atoms with Gasteiger partial charge >= 0.3 is 0 Å². The Hall–Kier alpha value is -2.38. The molecule has 2 aromatic rings. The van der Waals surface area contributed by atoms with Crippen LogP contribution in [-0.4, -0.2) is 51.7 Å². The maximum atomic E-state index is 12.5. The predicted octanol–water partition coefficient (Wildman–Crippen LogP) is 3.12. The Labute approximate surface area is 179 Å². The van der Waals surface area contributed by atoms with Crippen molar-refractivity contribution < 1.29 is 17.9 Å². The minimum Gasteiger partial charge on any atom is -0.497 e. The van der Waals surface area contributed by atoms with Crippen LogP contribution in [0.2, 0.25) is 0 Å². The topological polar surface area (TPSA) is 75.7 Å². The van der Waals surface area contributed by atoms with E-state index >= 15 is 0 Å². The zero-order chi connectivity index (χ0) is 21.6. The number of benzene rings is 2. The molecule has 0 radical (unpaired) electrons. The molecule has 1 fully saturated rings. The monoisotopic (exact) mass is 430 g/mol. The maximum Gasteiger partial charge on any atom is 0.221 e. The highest BCUT2D eigenvalue weighted by Gasteiger charge is 2.24. The average Bonchev–Trinajstić information content (AvgIpc) is 3.28. The first-order valence-electron chi connectivity index (χ1n) is 10.3. The Bertz CT molecular complexity index is 934. The summed E-state index contributed by atoms with van der Waals surface area (Å²) in [4.78, 5) is 15.0. The minimum atomic E-state index is -3.47. The first kappa shape index (κ1) is 22.3. The molecule has 1 unspecified atom stereocenters. The molecule has 3 rings (SSSR count). The number of carbonyl (C=O) groups is 1. The van der Waals surface area contributed by atoms with Crippen molar-refractivity contribution in [3.05, 3.63) is 59.7 Å². The molecule has 0 aliphatic carbocycles. The fourth-order valence-corrected chi connectivity index (χ4v) is 4.97. The van der Waals surface area contributed by atoms with Crippen LogP contribution in [0.15, 0.2) is 53.4 Å². The van der Waals surface area contributed by atoms with Gasteiger partial charge in [0, 0.05) is 13.0 Å². The van der Waals surface area contributed by atoms with Gasteiger partial charge in [-0.15, -0.1) is 0 Å². The number of nitrogens with one attached hydrogen (secondary N) is 1. The zero-order valence-corrected chi connectivity index (χ0v) is 18.5. The van der Waals surface area contributed by atoms with Crippen LogP contribution in [-0.2, 0) is 14.6 Å². The van der Waals surface area contributed by atoms with Crippen molar-refractivity contribution >= 4 is 15.7 Å². The average molecular weight is 431 g/mol. The second kappa shape index (κ2) is 10.1. The third kappa shape index (κ3) is 5.83. The Balaban J connectivity index is 1.59. The number of nitrogens with zero attached hydrogens (tertiary/aromatic N) is 1. The molecule has 162 valence electrons. The number of amides is 1. The van der Waals surface area contributed by atoms with E-state index in [1.165, 1.54) is 0 Å². The van der Waals surface area contributed by atoms with Gasteiger partial charge in [0.1, 0.15) is 5.75 Å². The molecule has 1 aliphatic heterocycles. The molecule has 7 heteroatoms. The van der Waals surface area contributed by atoms with Crippen molar-refractivity contribution in [2.75, 3.05) is 32.5 Å². The summed E-state index contributed by atoms with van der Waals surface area (Å²) in [6, 6.07) is 14.7. The van der Waals surface area contributed by atoms with Crippen LogP contribution in [0.25, 0.3) is 0 Å². The maximum absolute atomic E-state index is 12.5. The van der Waals surface area contributed by atoms with Crippen molar-refractivity contribution in [3.63, 3.8) is 0 Å². The molecule has 1 atom stereocenters. The molecule has 0 aromatic heterocycles. The number of carbonyl (C=O) groups excluding carboxylic acids is 1. The minimum absolute atomic E-state index is 0.0501. The van der Waals surface area contributed by atoms with Gasteiger partial charge in [-0.1, -0.05) is 29.8 Å². The second-order valence-electron chi connectivity index (χ2n) is 7.72. The SMILES string of the molecule is COc1ccc(C(CNC(=O)CCS(=O)(=O)c2ccc(C)cc2)N2CCCC2)cc1. The van der Waals surface area contributed by atoms with E-state index in [0.717, 1.165) is 42.8 Å². The van der Waals surface area contributed by atoms with E-state index in [1.807, 2.05) is 31.2 Å². The summed E-state index contributed by atoms with van der Waals surface area (Å²) in [5, 5.41) is 2.94. The lowest BCUT2D eigenvalue weighted by atomic mass is 10.1. The summed E-state index contributed by atoms with van der Waals surface area (Å²) in [6.07, 6.45) is 2.25. The Morgan fingerprint density at radius 1 is 1.07 bits per heavy atom. The number of methoxy groups -OCH3 is 1. The lowest BCUT2D eigenvalue weighted by Crippen LogP contribution is -2.37. The number of likely N-dealkylation sites (tertiary alicyclic amines) is 1. The molecule has 1 N–H and O–H groups in total. The Kier molecular flexibility index (Phi) is 7.50. The standard InChI is InChI=1S/C23H30N2O4S/c1-18-5-11-21(12-6-18)30(27,28)16-13-23(26)24-17-22(25-14-3-4-15-25)19-7-9-20(29-2)10-8-19/h5-12,22H,3-4,13-17H2,1-2H3,(H,24,26). The van der Waals surface area contributed by atoms with Gasteiger partial charge in [-0.3, -0.25) is 9.69 Å². The van der Waals surface area contributed by atoms with Crippen LogP contribution >= 0.6 is 0 Å². The smallest absolute Gasteiger partial charge is 0.221 e. The van der Waals surface area contributed by atoms with Gasteiger partial charge < -0.3 is 10.1 Å². The van der Waals surface area contributed by atoms with Gasteiger partial charge in [0.2, 0.25) is 5.91 Å². The summed E-state index contributed by atoms with van der Waals surface area (Å²) in [5.41, 5.74) is 2.11. The molecule has 2 aromatic carbocycles. The summed E-state index contributed by atoms with van der Waals surface area (Å²) < 4.78 is 30.2. The highest BCUT2D eigenvalue weighted by atomic mass is 32.2. The zero-order valence-electron chi connectivity index (χ0n) is 17.6. The van der Waals surface area contributed by atoms with Gasteiger partial charge in [-0.05, 0) is 62.7 Å². The quantitative estimate of drug-likeness (QED) is 0.662. The Morgan fingerprint density at radius 2 is 1.70 bits per heavy atom. The molecule has 6 nitrogen and oxygen atoms in total. The number of rotatable bonds is 9. The van der Waals surface area contributed by atoms with Crippen LogP contribution in [0, 0.1) is 6.92 Å². The van der Waals surface area contributed by atoms with E-state index in [0.29, 0.717) is 6.54 Å². The van der Waals surface area contributed by atoms with Gasteiger partial charge in [0.05, 0.1) is 23.8 Å². The van der Waals surface area contributed by atoms with Gasteiger partial charge in [-0.2, -0.15) is 0 Å². The third-order valence-electron chi connectivity index (χ3n) is 5.55. The van der Waals surface area contributed by atoms with E-state index in [4.69, 9.17) is 4.74 Å². The van der Waals surface area contributed by atoms with E-state index < -0.39 is 9.84 Å². The summed E-state index contributed by atoms with van der Waals surface area (Å²) in [6.45, 7) is 4.35. The first-order valence-corrected chi connectivity index (χ1v) is 12.0. The molecule has 1 amide bonds. The van der Waals surface area contributed by atoms with Gasteiger partial charge in [0.15, 0.2) is 9.84 Å². The number of hydrogen-bond donors (Lipinski definition) is 1. The van der Waals surface area contributed by atoms with Crippen LogP contribution in [0.4, 0.5) is 0 Å². The van der Waals surface area contributed by atoms with Crippen LogP contribution < -0.4 is 10.1 Å². The molecule has 1 saturated heterocycles. The van der Waals surface area contributed by atoms with E-state index in [2.05, 4.69) is 10.2 Å². The summed E-state index contributed by atoms with van der Waals surface area (Å²) in [5.74, 6) is 0.353. The lowest BCUT2D eigenvalue weighted by Gasteiger charge is -2.28. The highest BCUT2D eigenvalue weighted by molar-refractivity contribution is 7.91. The van der Waals surface area contributed by atoms with Gasteiger partial charge in [0.25, 0.3) is 0 Å². The summed E-state index contributed by atoms with van der Waals surface area (Å²) >= 11 is 0. The normalized spacial score (nSPS) is 15.7. The molecule has 0 spiro atoms. The van der Waals surface area contributed by atoms with E-state index in [9.17, 15) is 13.2 Å². The fraction of sp³-hybridized carbons (Fsp3) is 0.435. The second-order valence-corrected chi connectivity index (χ2v) is 9.83. The first-order chi connectivity index (χ1) is 14.4. The van der Waals surface area contributed by atoms with Crippen LogP contribution in [0.1, 0.15) is 36.4 Å². The van der Waals surface area contributed by atoms with Crippen molar-refractivity contribution in [3.8, 4) is 5.75 Å². The predicted molar refractivity (Wildman–Crippen MR) is 117 cm³/mol. The molecule has 1 aliphatic rings. The van der Waals surface area contributed by atoms with Crippen molar-refractivity contribution in [1.29, 1.82) is 0 Å². The Morgan fingerprint density at radius 3 is 2.30 bits per heavy atom. The van der Waals surface area contributed by atoms with Crippen molar-refractivity contribution in [2.45, 2.75) is 37.1 Å². The molecule has 30 heavy (non-hydrogen) atoms. The van der Waals surface area contributed by atoms with Crippen molar-refractivity contribution in [1.82, 2.24) is 10.2 Å².